The standard InChI is InChI=1S/C22H20O6/c1-22(2)7-6-11-15(28-22)5-4-12-20(24)19-13-8-17(25-3)14(23)9-16(13)26-10-18(19)27-21(11)12/h4-9,18-19,23H,10H2,1-3H3. The average molecular weight is 380 g/mol. The van der Waals surface area contributed by atoms with E-state index in [0.29, 0.717) is 34.1 Å². The number of phenolic OH excluding ortho intramolecular Hbond substituents is 1. The maximum absolute atomic E-state index is 13.4. The van der Waals surface area contributed by atoms with Crippen LogP contribution in [0, 0.1) is 0 Å². The molecule has 0 radical (unpaired) electrons. The van der Waals surface area contributed by atoms with Crippen molar-refractivity contribution in [2.24, 2.45) is 0 Å². The predicted molar refractivity (Wildman–Crippen MR) is 102 cm³/mol. The van der Waals surface area contributed by atoms with E-state index in [9.17, 15) is 9.90 Å². The lowest BCUT2D eigenvalue weighted by atomic mass is 9.81. The Hall–Kier alpha value is -3.15. The number of ether oxygens (including phenoxy) is 4. The van der Waals surface area contributed by atoms with Gasteiger partial charge in [0.2, 0.25) is 0 Å². The summed E-state index contributed by atoms with van der Waals surface area (Å²) in [6, 6.07) is 6.71. The first kappa shape index (κ1) is 17.0. The molecule has 1 N–H and O–H groups in total. The topological polar surface area (TPSA) is 74.2 Å². The molecule has 6 nitrogen and oxygen atoms in total. The Bertz CT molecular complexity index is 1040. The van der Waals surface area contributed by atoms with Gasteiger partial charge in [-0.15, -0.1) is 0 Å². The molecule has 2 aromatic carbocycles. The zero-order valence-electron chi connectivity index (χ0n) is 15.8. The van der Waals surface area contributed by atoms with Crippen LogP contribution in [0.1, 0.15) is 41.3 Å². The molecule has 0 amide bonds. The summed E-state index contributed by atoms with van der Waals surface area (Å²) in [5, 5.41) is 10.0. The number of hydrogen-bond donors (Lipinski definition) is 1. The number of hydrogen-bond acceptors (Lipinski definition) is 6. The monoisotopic (exact) mass is 380 g/mol. The Morgan fingerprint density at radius 1 is 1.21 bits per heavy atom. The van der Waals surface area contributed by atoms with Gasteiger partial charge in [0.1, 0.15) is 35.6 Å². The summed E-state index contributed by atoms with van der Waals surface area (Å²) in [6.45, 7) is 4.17. The first-order valence-corrected chi connectivity index (χ1v) is 9.18. The van der Waals surface area contributed by atoms with Crippen molar-refractivity contribution in [2.75, 3.05) is 13.7 Å². The third kappa shape index (κ3) is 2.37. The number of carbonyl (C=O) groups is 1. The molecule has 5 rings (SSSR count). The van der Waals surface area contributed by atoms with Crippen molar-refractivity contribution < 1.29 is 28.8 Å². The van der Waals surface area contributed by atoms with E-state index in [-0.39, 0.29) is 18.1 Å². The minimum Gasteiger partial charge on any atom is -0.504 e. The second kappa shape index (κ2) is 5.67. The first-order chi connectivity index (χ1) is 13.4. The molecule has 28 heavy (non-hydrogen) atoms. The molecule has 6 heteroatoms. The van der Waals surface area contributed by atoms with E-state index in [1.165, 1.54) is 13.2 Å². The molecule has 0 fully saturated rings. The van der Waals surface area contributed by atoms with E-state index < -0.39 is 17.6 Å². The quantitative estimate of drug-likeness (QED) is 0.813. The number of Topliss-reactive ketones (excluding diaryl/α,β-unsaturated/α-hetero) is 1. The molecular weight excluding hydrogens is 360 g/mol. The summed E-state index contributed by atoms with van der Waals surface area (Å²) < 4.78 is 23.2. The van der Waals surface area contributed by atoms with Crippen LogP contribution in [0.3, 0.4) is 0 Å². The van der Waals surface area contributed by atoms with Crippen molar-refractivity contribution in [3.05, 3.63) is 47.0 Å². The van der Waals surface area contributed by atoms with E-state index in [1.54, 1.807) is 12.1 Å². The summed E-state index contributed by atoms with van der Waals surface area (Å²) in [7, 11) is 1.47. The van der Waals surface area contributed by atoms with Gasteiger partial charge >= 0.3 is 0 Å². The van der Waals surface area contributed by atoms with Crippen LogP contribution < -0.4 is 18.9 Å². The molecule has 3 aliphatic rings. The van der Waals surface area contributed by atoms with Gasteiger partial charge in [0, 0.05) is 11.6 Å². The largest absolute Gasteiger partial charge is 0.504 e. The number of ketones is 1. The fourth-order valence-electron chi connectivity index (χ4n) is 4.05. The normalized spacial score (nSPS) is 23.2. The van der Waals surface area contributed by atoms with Gasteiger partial charge in [0.25, 0.3) is 0 Å². The highest BCUT2D eigenvalue weighted by molar-refractivity contribution is 6.06. The van der Waals surface area contributed by atoms with Gasteiger partial charge in [-0.3, -0.25) is 4.79 Å². The van der Waals surface area contributed by atoms with Gasteiger partial charge in [-0.25, -0.2) is 0 Å². The maximum Gasteiger partial charge on any atom is 0.178 e. The molecule has 144 valence electrons. The molecule has 2 aromatic rings. The van der Waals surface area contributed by atoms with Crippen LogP contribution >= 0.6 is 0 Å². The number of aromatic hydroxyl groups is 1. The Labute approximate surface area is 162 Å². The fraction of sp³-hybridized carbons (Fsp3) is 0.318. The number of benzene rings is 2. The van der Waals surface area contributed by atoms with Gasteiger partial charge in [-0.1, -0.05) is 0 Å². The summed E-state index contributed by atoms with van der Waals surface area (Å²) >= 11 is 0. The molecule has 0 spiro atoms. The minimum absolute atomic E-state index is 0.0248. The molecule has 2 unspecified atom stereocenters. The molecule has 0 saturated carbocycles. The summed E-state index contributed by atoms with van der Waals surface area (Å²) in [4.78, 5) is 13.4. The Morgan fingerprint density at radius 3 is 2.82 bits per heavy atom. The van der Waals surface area contributed by atoms with Crippen molar-refractivity contribution in [3.63, 3.8) is 0 Å². The van der Waals surface area contributed by atoms with Crippen LogP contribution in [-0.4, -0.2) is 36.3 Å². The van der Waals surface area contributed by atoms with E-state index >= 15 is 0 Å². The number of fused-ring (bicyclic) bond motifs is 6. The zero-order valence-corrected chi connectivity index (χ0v) is 15.8. The van der Waals surface area contributed by atoms with Crippen LogP contribution in [-0.2, 0) is 0 Å². The third-order valence-corrected chi connectivity index (χ3v) is 5.42. The van der Waals surface area contributed by atoms with Gasteiger partial charge in [-0.05, 0) is 44.2 Å². The highest BCUT2D eigenvalue weighted by Crippen LogP contribution is 2.49. The lowest BCUT2D eigenvalue weighted by Gasteiger charge is -2.38. The predicted octanol–water partition coefficient (Wildman–Crippen LogP) is 3.70. The fourth-order valence-corrected chi connectivity index (χ4v) is 4.05. The Morgan fingerprint density at radius 2 is 2.04 bits per heavy atom. The highest BCUT2D eigenvalue weighted by Gasteiger charge is 2.44. The van der Waals surface area contributed by atoms with E-state index in [2.05, 4.69) is 0 Å². The molecule has 0 saturated heterocycles. The Balaban J connectivity index is 1.62. The molecule has 0 bridgehead atoms. The zero-order chi connectivity index (χ0) is 19.6. The molecule has 2 atom stereocenters. The number of phenols is 1. The second-order valence-electron chi connectivity index (χ2n) is 7.76. The van der Waals surface area contributed by atoms with Crippen LogP contribution in [0.5, 0.6) is 28.7 Å². The SMILES string of the molecule is COc1cc2c(cc1O)OCC1Oc3c(ccc4c3C=CC(C)(C)O4)C(=O)C21. The van der Waals surface area contributed by atoms with E-state index in [1.807, 2.05) is 32.1 Å². The molecule has 3 heterocycles. The second-order valence-corrected chi connectivity index (χ2v) is 7.76. The highest BCUT2D eigenvalue weighted by atomic mass is 16.5. The van der Waals surface area contributed by atoms with Crippen molar-refractivity contribution >= 4 is 11.9 Å². The van der Waals surface area contributed by atoms with Crippen molar-refractivity contribution in [1.82, 2.24) is 0 Å². The summed E-state index contributed by atoms with van der Waals surface area (Å²) in [5.74, 6) is 1.42. The lowest BCUT2D eigenvalue weighted by Crippen LogP contribution is -2.43. The number of rotatable bonds is 1. The smallest absolute Gasteiger partial charge is 0.178 e. The summed E-state index contributed by atoms with van der Waals surface area (Å²) in [5.41, 5.74) is 1.55. The number of methoxy groups -OCH3 is 1. The van der Waals surface area contributed by atoms with Gasteiger partial charge in [0.15, 0.2) is 17.3 Å². The number of carbonyl (C=O) groups excluding carboxylic acids is 1. The molecule has 3 aliphatic heterocycles. The average Bonchev–Trinajstić information content (AvgIpc) is 2.66. The van der Waals surface area contributed by atoms with Gasteiger partial charge < -0.3 is 24.1 Å². The van der Waals surface area contributed by atoms with E-state index in [0.717, 1.165) is 5.56 Å². The van der Waals surface area contributed by atoms with Crippen LogP contribution in [0.25, 0.3) is 6.08 Å². The van der Waals surface area contributed by atoms with Gasteiger partial charge in [-0.2, -0.15) is 0 Å². The molecule has 0 aromatic heterocycles. The van der Waals surface area contributed by atoms with Gasteiger partial charge in [0.05, 0.1) is 24.2 Å². The van der Waals surface area contributed by atoms with Crippen molar-refractivity contribution in [3.8, 4) is 28.7 Å². The van der Waals surface area contributed by atoms with E-state index in [4.69, 9.17) is 18.9 Å². The minimum atomic E-state index is -0.520. The van der Waals surface area contributed by atoms with Crippen molar-refractivity contribution in [2.45, 2.75) is 31.5 Å². The summed E-state index contributed by atoms with van der Waals surface area (Å²) in [6.07, 6.45) is 3.44. The Kier molecular flexibility index (Phi) is 3.44. The lowest BCUT2D eigenvalue weighted by molar-refractivity contribution is 0.0552. The van der Waals surface area contributed by atoms with Crippen LogP contribution in [0.2, 0.25) is 0 Å². The maximum atomic E-state index is 13.4. The molecular formula is C22H20O6. The molecule has 0 aliphatic carbocycles. The third-order valence-electron chi connectivity index (χ3n) is 5.42. The van der Waals surface area contributed by atoms with Crippen LogP contribution in [0.4, 0.5) is 0 Å². The van der Waals surface area contributed by atoms with Crippen LogP contribution in [0.15, 0.2) is 30.3 Å². The van der Waals surface area contributed by atoms with Crippen molar-refractivity contribution in [1.29, 1.82) is 0 Å². The first-order valence-electron chi connectivity index (χ1n) is 9.18.